The molecule has 0 amide bonds. The molecule has 1 heterocycles. The van der Waals surface area contributed by atoms with Gasteiger partial charge in [-0.1, -0.05) is 12.1 Å². The number of benzene rings is 1. The molecule has 0 unspecified atom stereocenters. The number of quaternary nitrogens is 1. The van der Waals surface area contributed by atoms with Gasteiger partial charge in [0.2, 0.25) is 0 Å². The van der Waals surface area contributed by atoms with Gasteiger partial charge in [-0.25, -0.2) is 4.39 Å². The van der Waals surface area contributed by atoms with Gasteiger partial charge >= 0.3 is 0 Å². The van der Waals surface area contributed by atoms with Crippen LogP contribution in [-0.4, -0.2) is 19.3 Å². The van der Waals surface area contributed by atoms with Gasteiger partial charge in [0.1, 0.15) is 25.0 Å². The molecule has 2 N–H and O–H groups in total. The van der Waals surface area contributed by atoms with Gasteiger partial charge in [0.15, 0.2) is 0 Å². The summed E-state index contributed by atoms with van der Waals surface area (Å²) >= 11 is 0. The van der Waals surface area contributed by atoms with Crippen LogP contribution in [0.5, 0.6) is 0 Å². The van der Waals surface area contributed by atoms with E-state index < -0.39 is 0 Å². The van der Waals surface area contributed by atoms with E-state index in [0.29, 0.717) is 6.10 Å². The molecule has 2 rings (SSSR count). The molecule has 0 radical (unpaired) electrons. The molecule has 0 aromatic heterocycles. The third kappa shape index (κ3) is 3.29. The Labute approximate surface area is 89.4 Å². The van der Waals surface area contributed by atoms with Crippen molar-refractivity contribution < 1.29 is 14.4 Å². The molecule has 0 aliphatic carbocycles. The average Bonchev–Trinajstić information content (AvgIpc) is 2.71. The second-order valence-electron chi connectivity index (χ2n) is 3.99. The lowest BCUT2D eigenvalue weighted by Crippen LogP contribution is -2.84. The summed E-state index contributed by atoms with van der Waals surface area (Å²) in [6, 6.07) is 6.77. The van der Waals surface area contributed by atoms with Crippen molar-refractivity contribution in [2.75, 3.05) is 13.2 Å². The molecule has 82 valence electrons. The Kier molecular flexibility index (Phi) is 3.69. The van der Waals surface area contributed by atoms with Gasteiger partial charge in [0, 0.05) is 12.2 Å². The molecular weight excluding hydrogens is 193 g/mol. The summed E-state index contributed by atoms with van der Waals surface area (Å²) in [6.45, 7) is 2.71. The van der Waals surface area contributed by atoms with E-state index in [0.717, 1.165) is 25.3 Å². The lowest BCUT2D eigenvalue weighted by Gasteiger charge is -2.07. The van der Waals surface area contributed by atoms with E-state index >= 15 is 0 Å². The molecule has 1 aromatic rings. The lowest BCUT2D eigenvalue weighted by atomic mass is 10.2. The fraction of sp³-hybridized carbons (Fsp3) is 0.500. The van der Waals surface area contributed by atoms with Crippen molar-refractivity contribution in [3.05, 3.63) is 35.6 Å². The van der Waals surface area contributed by atoms with Gasteiger partial charge in [-0.2, -0.15) is 0 Å². The molecule has 0 bridgehead atoms. The summed E-state index contributed by atoms with van der Waals surface area (Å²) in [7, 11) is 0. The van der Waals surface area contributed by atoms with Crippen LogP contribution in [0.4, 0.5) is 4.39 Å². The van der Waals surface area contributed by atoms with Crippen molar-refractivity contribution in [1.82, 2.24) is 0 Å². The van der Waals surface area contributed by atoms with Gasteiger partial charge in [-0.15, -0.1) is 0 Å². The molecule has 2 nitrogen and oxygen atoms in total. The minimum atomic E-state index is -0.155. The van der Waals surface area contributed by atoms with Gasteiger partial charge in [0.05, 0.1) is 0 Å². The second kappa shape index (κ2) is 5.24. The van der Waals surface area contributed by atoms with Crippen LogP contribution < -0.4 is 5.32 Å². The first-order valence-corrected chi connectivity index (χ1v) is 5.52. The van der Waals surface area contributed by atoms with Gasteiger partial charge < -0.3 is 10.1 Å². The summed E-state index contributed by atoms with van der Waals surface area (Å²) in [5.41, 5.74) is 1.04. The highest BCUT2D eigenvalue weighted by atomic mass is 19.1. The fourth-order valence-corrected chi connectivity index (χ4v) is 1.93. The van der Waals surface area contributed by atoms with E-state index in [2.05, 4.69) is 5.32 Å². The number of rotatable bonds is 4. The zero-order valence-electron chi connectivity index (χ0n) is 8.79. The summed E-state index contributed by atoms with van der Waals surface area (Å²) in [5.74, 6) is -0.155. The first-order valence-electron chi connectivity index (χ1n) is 5.52. The number of halogens is 1. The van der Waals surface area contributed by atoms with Crippen molar-refractivity contribution in [3.8, 4) is 0 Å². The third-order valence-corrected chi connectivity index (χ3v) is 2.72. The van der Waals surface area contributed by atoms with Crippen molar-refractivity contribution in [2.45, 2.75) is 25.5 Å². The van der Waals surface area contributed by atoms with Crippen molar-refractivity contribution >= 4 is 0 Å². The molecule has 3 heteroatoms. The van der Waals surface area contributed by atoms with Crippen LogP contribution in [0.1, 0.15) is 18.4 Å². The maximum absolute atomic E-state index is 12.9. The smallest absolute Gasteiger partial charge is 0.123 e. The quantitative estimate of drug-likeness (QED) is 0.790. The Morgan fingerprint density at radius 3 is 3.13 bits per heavy atom. The van der Waals surface area contributed by atoms with Crippen LogP contribution in [0, 0.1) is 5.82 Å². The second-order valence-corrected chi connectivity index (χ2v) is 3.99. The zero-order chi connectivity index (χ0) is 10.5. The highest BCUT2D eigenvalue weighted by Gasteiger charge is 2.16. The maximum atomic E-state index is 12.9. The molecule has 0 spiro atoms. The van der Waals surface area contributed by atoms with Gasteiger partial charge in [0.25, 0.3) is 0 Å². The summed E-state index contributed by atoms with van der Waals surface area (Å²) in [4.78, 5) is 0. The Balaban J connectivity index is 1.73. The maximum Gasteiger partial charge on any atom is 0.123 e. The Hall–Kier alpha value is -0.930. The average molecular weight is 210 g/mol. The summed E-state index contributed by atoms with van der Waals surface area (Å²) < 4.78 is 18.4. The number of ether oxygens (including phenoxy) is 1. The molecule has 1 atom stereocenters. The highest BCUT2D eigenvalue weighted by Crippen LogP contribution is 2.09. The van der Waals surface area contributed by atoms with E-state index in [-0.39, 0.29) is 5.82 Å². The molecular formula is C12H17FNO+. The zero-order valence-corrected chi connectivity index (χ0v) is 8.79. The fourth-order valence-electron chi connectivity index (χ4n) is 1.93. The Morgan fingerprint density at radius 1 is 1.47 bits per heavy atom. The summed E-state index contributed by atoms with van der Waals surface area (Å²) in [5, 5.41) is 2.19. The van der Waals surface area contributed by atoms with E-state index in [1.165, 1.54) is 18.9 Å². The number of nitrogens with two attached hydrogens (primary N) is 1. The normalized spacial score (nSPS) is 20.7. The SMILES string of the molecule is Fc1cccc(C[NH2+]C[C@H]2CCCO2)c1. The van der Waals surface area contributed by atoms with E-state index in [9.17, 15) is 4.39 Å². The molecule has 0 saturated carbocycles. The molecule has 15 heavy (non-hydrogen) atoms. The standard InChI is InChI=1S/C12H16FNO/c13-11-4-1-3-10(7-11)8-14-9-12-5-2-6-15-12/h1,3-4,7,12,14H,2,5-6,8-9H2/p+1/t12-/m1/s1. The predicted octanol–water partition coefficient (Wildman–Crippen LogP) is 1.07. The Morgan fingerprint density at radius 2 is 2.40 bits per heavy atom. The molecule has 1 fully saturated rings. The van der Waals surface area contributed by atoms with Crippen LogP contribution in [0.15, 0.2) is 24.3 Å². The number of hydrogen-bond donors (Lipinski definition) is 1. The van der Waals surface area contributed by atoms with Crippen molar-refractivity contribution in [1.29, 1.82) is 0 Å². The van der Waals surface area contributed by atoms with Crippen LogP contribution >= 0.6 is 0 Å². The van der Waals surface area contributed by atoms with E-state index in [4.69, 9.17) is 4.74 Å². The number of hydrogen-bond acceptors (Lipinski definition) is 1. The van der Waals surface area contributed by atoms with Crippen molar-refractivity contribution in [2.24, 2.45) is 0 Å². The van der Waals surface area contributed by atoms with Crippen LogP contribution in [0.3, 0.4) is 0 Å². The topological polar surface area (TPSA) is 25.8 Å². The van der Waals surface area contributed by atoms with E-state index in [1.54, 1.807) is 12.1 Å². The van der Waals surface area contributed by atoms with Crippen LogP contribution in [-0.2, 0) is 11.3 Å². The lowest BCUT2D eigenvalue weighted by molar-refractivity contribution is -0.676. The largest absolute Gasteiger partial charge is 0.372 e. The first kappa shape index (κ1) is 10.6. The molecule has 1 aliphatic heterocycles. The first-order chi connectivity index (χ1) is 7.34. The minimum Gasteiger partial charge on any atom is -0.372 e. The highest BCUT2D eigenvalue weighted by molar-refractivity contribution is 5.14. The monoisotopic (exact) mass is 210 g/mol. The molecule has 1 aliphatic rings. The summed E-state index contributed by atoms with van der Waals surface area (Å²) in [6.07, 6.45) is 2.75. The Bertz CT molecular complexity index is 310. The minimum absolute atomic E-state index is 0.155. The molecule has 1 saturated heterocycles. The predicted molar refractivity (Wildman–Crippen MR) is 55.9 cm³/mol. The molecule has 1 aromatic carbocycles. The van der Waals surface area contributed by atoms with E-state index in [1.807, 2.05) is 6.07 Å². The van der Waals surface area contributed by atoms with Crippen molar-refractivity contribution in [3.63, 3.8) is 0 Å². The van der Waals surface area contributed by atoms with Crippen LogP contribution in [0.2, 0.25) is 0 Å². The van der Waals surface area contributed by atoms with Gasteiger partial charge in [-0.05, 0) is 25.0 Å². The van der Waals surface area contributed by atoms with Gasteiger partial charge in [-0.3, -0.25) is 0 Å². The third-order valence-electron chi connectivity index (χ3n) is 2.72. The van der Waals surface area contributed by atoms with Crippen LogP contribution in [0.25, 0.3) is 0 Å².